The number of nitrogens with zero attached hydrogens (tertiary/aromatic N) is 1. The van der Waals surface area contributed by atoms with Gasteiger partial charge in [0, 0.05) is 32.6 Å². The van der Waals surface area contributed by atoms with Crippen molar-refractivity contribution in [3.63, 3.8) is 0 Å². The van der Waals surface area contributed by atoms with Gasteiger partial charge in [0.05, 0.1) is 11.3 Å². The average Bonchev–Trinajstić information content (AvgIpc) is 3.81. The second kappa shape index (κ2) is 10.5. The molecule has 7 aromatic carbocycles. The maximum atomic E-state index is 6.56. The lowest BCUT2D eigenvalue weighted by atomic mass is 9.94. The Kier molecular flexibility index (Phi) is 5.97. The number of rotatable bonds is 4. The first kappa shape index (κ1) is 26.7. The molecule has 222 valence electrons. The van der Waals surface area contributed by atoms with Crippen molar-refractivity contribution in [2.45, 2.75) is 16.2 Å². The monoisotopic (exact) mass is 619 g/mol. The van der Waals surface area contributed by atoms with Crippen molar-refractivity contribution < 1.29 is 4.42 Å². The number of thioether (sulfide) groups is 1. The highest BCUT2D eigenvalue weighted by Crippen LogP contribution is 2.64. The molecule has 8 aromatic rings. The molecule has 2 nitrogen and oxygen atoms in total. The minimum Gasteiger partial charge on any atom is -0.455 e. The van der Waals surface area contributed by atoms with Crippen molar-refractivity contribution >= 4 is 45.1 Å². The highest BCUT2D eigenvalue weighted by molar-refractivity contribution is 8.00. The zero-order valence-corrected chi connectivity index (χ0v) is 26.3. The maximum Gasteiger partial charge on any atom is 0.143 e. The molecule has 2 aliphatic rings. The van der Waals surface area contributed by atoms with E-state index >= 15 is 0 Å². The van der Waals surface area contributed by atoms with E-state index in [2.05, 4.69) is 169 Å². The Morgan fingerprint density at radius 3 is 2.09 bits per heavy atom. The number of furan rings is 1. The molecule has 0 saturated carbocycles. The van der Waals surface area contributed by atoms with Gasteiger partial charge in [0.25, 0.3) is 0 Å². The largest absolute Gasteiger partial charge is 0.455 e. The van der Waals surface area contributed by atoms with E-state index in [9.17, 15) is 0 Å². The van der Waals surface area contributed by atoms with Crippen LogP contribution in [0.15, 0.2) is 173 Å². The molecule has 0 spiro atoms. The summed E-state index contributed by atoms with van der Waals surface area (Å²) >= 11 is 2.00. The molecule has 1 aromatic heterocycles. The van der Waals surface area contributed by atoms with Gasteiger partial charge in [-0.05, 0) is 87.5 Å². The summed E-state index contributed by atoms with van der Waals surface area (Å²) in [5.74, 6) is 0. The lowest BCUT2D eigenvalue weighted by molar-refractivity contribution is 0.670. The van der Waals surface area contributed by atoms with Gasteiger partial charge in [0.1, 0.15) is 11.2 Å². The second-order valence-corrected chi connectivity index (χ2v) is 13.6. The van der Waals surface area contributed by atoms with Gasteiger partial charge in [-0.25, -0.2) is 0 Å². The molecular formula is C44H29NOS. The van der Waals surface area contributed by atoms with Gasteiger partial charge in [0.15, 0.2) is 0 Å². The van der Waals surface area contributed by atoms with Gasteiger partial charge in [0.2, 0.25) is 0 Å². The Labute approximate surface area is 277 Å². The number of hydrogen-bond donors (Lipinski definition) is 0. The Morgan fingerprint density at radius 1 is 0.489 bits per heavy atom. The fraction of sp³-hybridized carbons (Fsp3) is 0.0455. The Morgan fingerprint density at radius 2 is 1.19 bits per heavy atom. The molecule has 3 heteroatoms. The Bertz CT molecular complexity index is 2460. The fourth-order valence-electron chi connectivity index (χ4n) is 7.63. The summed E-state index contributed by atoms with van der Waals surface area (Å²) in [6.45, 7) is 0. The molecule has 47 heavy (non-hydrogen) atoms. The average molecular weight is 620 g/mol. The quantitative estimate of drug-likeness (QED) is 0.195. The van der Waals surface area contributed by atoms with Crippen LogP contribution in [-0.2, 0) is 0 Å². The molecule has 2 unspecified atom stereocenters. The molecular weight excluding hydrogens is 591 g/mol. The van der Waals surface area contributed by atoms with Crippen LogP contribution in [0.4, 0.5) is 11.4 Å². The molecule has 10 rings (SSSR count). The van der Waals surface area contributed by atoms with Gasteiger partial charge >= 0.3 is 0 Å². The normalized spacial score (nSPS) is 16.4. The fourth-order valence-corrected chi connectivity index (χ4v) is 9.09. The smallest absolute Gasteiger partial charge is 0.143 e. The summed E-state index contributed by atoms with van der Waals surface area (Å²) in [6, 6.07) is 59.5. The van der Waals surface area contributed by atoms with E-state index in [1.54, 1.807) is 0 Å². The zero-order valence-electron chi connectivity index (χ0n) is 25.5. The molecule has 0 radical (unpaired) electrons. The minimum absolute atomic E-state index is 0.253. The third-order valence-electron chi connectivity index (χ3n) is 9.80. The highest BCUT2D eigenvalue weighted by Gasteiger charge is 2.46. The van der Waals surface area contributed by atoms with Crippen LogP contribution in [-0.4, -0.2) is 0 Å². The van der Waals surface area contributed by atoms with Crippen molar-refractivity contribution in [3.05, 3.63) is 175 Å². The summed E-state index contributed by atoms with van der Waals surface area (Å²) < 4.78 is 6.56. The minimum atomic E-state index is 0.253. The van der Waals surface area contributed by atoms with Crippen molar-refractivity contribution in [3.8, 4) is 33.4 Å². The molecule has 2 atom stereocenters. The second-order valence-electron chi connectivity index (χ2n) is 12.4. The SMILES string of the molecule is c1ccc(-c2ccc3oc4c(-c5cccc(-c6ccc7c(c6)C6C(S7)c7ccccc7N6c6ccccc6)c5)cccc4c3c2)cc1. The van der Waals surface area contributed by atoms with Crippen molar-refractivity contribution in [1.82, 2.24) is 0 Å². The van der Waals surface area contributed by atoms with Gasteiger partial charge in [-0.15, -0.1) is 11.8 Å². The molecule has 0 bridgehead atoms. The van der Waals surface area contributed by atoms with Crippen LogP contribution in [0.1, 0.15) is 22.4 Å². The van der Waals surface area contributed by atoms with Crippen LogP contribution >= 0.6 is 11.8 Å². The van der Waals surface area contributed by atoms with E-state index in [0.29, 0.717) is 5.25 Å². The maximum absolute atomic E-state index is 6.56. The third-order valence-corrected chi connectivity index (χ3v) is 11.2. The number of para-hydroxylation sites is 3. The van der Waals surface area contributed by atoms with E-state index in [4.69, 9.17) is 4.42 Å². The molecule has 0 amide bonds. The van der Waals surface area contributed by atoms with Crippen LogP contribution in [0.5, 0.6) is 0 Å². The topological polar surface area (TPSA) is 16.4 Å². The Balaban J connectivity index is 1.05. The van der Waals surface area contributed by atoms with Crippen LogP contribution in [0.25, 0.3) is 55.3 Å². The first-order valence-corrected chi connectivity index (χ1v) is 17.0. The van der Waals surface area contributed by atoms with E-state index < -0.39 is 0 Å². The summed E-state index contributed by atoms with van der Waals surface area (Å²) in [5.41, 5.74) is 14.3. The summed E-state index contributed by atoms with van der Waals surface area (Å²) in [7, 11) is 0. The zero-order chi connectivity index (χ0) is 30.9. The summed E-state index contributed by atoms with van der Waals surface area (Å²) in [6.07, 6.45) is 0. The van der Waals surface area contributed by atoms with Gasteiger partial charge in [-0.3, -0.25) is 0 Å². The first-order chi connectivity index (χ1) is 23.3. The van der Waals surface area contributed by atoms with E-state index in [0.717, 1.165) is 33.1 Å². The van der Waals surface area contributed by atoms with E-state index in [1.165, 1.54) is 49.7 Å². The molecule has 0 saturated heterocycles. The number of fused-ring (bicyclic) bond motifs is 8. The summed E-state index contributed by atoms with van der Waals surface area (Å²) in [5, 5.41) is 2.66. The van der Waals surface area contributed by atoms with Crippen LogP contribution < -0.4 is 4.90 Å². The molecule has 0 aliphatic carbocycles. The van der Waals surface area contributed by atoms with E-state index in [1.807, 2.05) is 11.8 Å². The van der Waals surface area contributed by atoms with Crippen molar-refractivity contribution in [1.29, 1.82) is 0 Å². The van der Waals surface area contributed by atoms with Crippen LogP contribution in [0, 0.1) is 0 Å². The molecule has 0 N–H and O–H groups in total. The lowest BCUT2D eigenvalue weighted by Gasteiger charge is -2.28. The standard InChI is InChI=1S/C44H29NOS/c1-3-11-28(12-4-1)30-21-23-40-37(26-30)35-19-10-18-34(43(35)46-40)32-14-9-13-29(25-32)31-22-24-41-38(27-31)42-44(47-41)36-17-7-8-20-39(36)45(42)33-15-5-2-6-16-33/h1-27,42,44H. The van der Waals surface area contributed by atoms with E-state index in [-0.39, 0.29) is 6.04 Å². The lowest BCUT2D eigenvalue weighted by Crippen LogP contribution is -2.19. The van der Waals surface area contributed by atoms with Crippen molar-refractivity contribution in [2.75, 3.05) is 4.90 Å². The van der Waals surface area contributed by atoms with Crippen molar-refractivity contribution in [2.24, 2.45) is 0 Å². The predicted octanol–water partition coefficient (Wildman–Crippen LogP) is 12.6. The third kappa shape index (κ3) is 4.20. The predicted molar refractivity (Wildman–Crippen MR) is 196 cm³/mol. The summed E-state index contributed by atoms with van der Waals surface area (Å²) in [4.78, 5) is 3.92. The van der Waals surface area contributed by atoms with Gasteiger partial charge < -0.3 is 9.32 Å². The first-order valence-electron chi connectivity index (χ1n) is 16.2. The number of benzene rings is 7. The van der Waals surface area contributed by atoms with Gasteiger partial charge in [-0.1, -0.05) is 115 Å². The molecule has 2 aliphatic heterocycles. The molecule has 0 fully saturated rings. The Hall–Kier alpha value is -5.51. The highest BCUT2D eigenvalue weighted by atomic mass is 32.2. The number of hydrogen-bond acceptors (Lipinski definition) is 3. The van der Waals surface area contributed by atoms with Crippen LogP contribution in [0.3, 0.4) is 0 Å². The number of anilines is 2. The van der Waals surface area contributed by atoms with Crippen LogP contribution in [0.2, 0.25) is 0 Å². The molecule has 3 heterocycles. The van der Waals surface area contributed by atoms with Gasteiger partial charge in [-0.2, -0.15) is 0 Å².